The molecule has 5 nitrogen and oxygen atoms in total. The lowest BCUT2D eigenvalue weighted by molar-refractivity contribution is -0.140. The Morgan fingerprint density at radius 2 is 1.79 bits per heavy atom. The third kappa shape index (κ3) is 5.33. The molecule has 4 rings (SSSR count). The number of nitrogens with one attached hydrogen (secondary N) is 1. The van der Waals surface area contributed by atoms with E-state index in [2.05, 4.69) is 17.1 Å². The van der Waals surface area contributed by atoms with Crippen LogP contribution in [0.4, 0.5) is 10.1 Å². The Morgan fingerprint density at radius 1 is 1.09 bits per heavy atom. The van der Waals surface area contributed by atoms with Crippen LogP contribution < -0.4 is 5.32 Å². The van der Waals surface area contributed by atoms with Crippen molar-refractivity contribution in [1.82, 2.24) is 9.80 Å². The molecule has 2 atom stereocenters. The van der Waals surface area contributed by atoms with Crippen LogP contribution in [0.15, 0.2) is 42.5 Å². The van der Waals surface area contributed by atoms with Crippen LogP contribution in [-0.4, -0.2) is 47.3 Å². The van der Waals surface area contributed by atoms with Gasteiger partial charge in [0.05, 0.1) is 5.92 Å². The van der Waals surface area contributed by atoms with E-state index in [1.54, 1.807) is 6.07 Å². The second-order valence-electron chi connectivity index (χ2n) is 9.92. The van der Waals surface area contributed by atoms with Gasteiger partial charge in [0.2, 0.25) is 11.8 Å². The normalized spacial score (nSPS) is 20.4. The Morgan fingerprint density at radius 3 is 2.47 bits per heavy atom. The van der Waals surface area contributed by atoms with E-state index in [9.17, 15) is 14.0 Å². The lowest BCUT2D eigenvalue weighted by Gasteiger charge is -2.41. The number of rotatable bonds is 6. The van der Waals surface area contributed by atoms with Gasteiger partial charge in [0.1, 0.15) is 5.82 Å². The summed E-state index contributed by atoms with van der Waals surface area (Å²) in [4.78, 5) is 30.0. The first-order valence-electron chi connectivity index (χ1n) is 12.5. The Bertz CT molecular complexity index is 1020. The van der Waals surface area contributed by atoms with Crippen molar-refractivity contribution in [3.8, 4) is 0 Å². The summed E-state index contributed by atoms with van der Waals surface area (Å²) in [5.41, 5.74) is 2.95. The number of carbonyl (C=O) groups excluding carboxylic acids is 2. The molecule has 2 aromatic rings. The molecule has 0 spiro atoms. The number of benzene rings is 2. The van der Waals surface area contributed by atoms with Crippen molar-refractivity contribution in [2.45, 2.75) is 65.0 Å². The Hall–Kier alpha value is -2.73. The Balaban J connectivity index is 1.41. The van der Waals surface area contributed by atoms with E-state index in [-0.39, 0.29) is 29.6 Å². The van der Waals surface area contributed by atoms with Crippen molar-refractivity contribution in [2.75, 3.05) is 25.0 Å². The van der Waals surface area contributed by atoms with Crippen LogP contribution in [0.25, 0.3) is 0 Å². The van der Waals surface area contributed by atoms with Crippen molar-refractivity contribution in [2.24, 2.45) is 5.92 Å². The van der Waals surface area contributed by atoms with Crippen LogP contribution in [0.5, 0.6) is 0 Å². The predicted molar refractivity (Wildman–Crippen MR) is 133 cm³/mol. The Labute approximate surface area is 202 Å². The molecule has 0 bridgehead atoms. The fourth-order valence-electron chi connectivity index (χ4n) is 5.32. The van der Waals surface area contributed by atoms with Gasteiger partial charge in [0, 0.05) is 49.4 Å². The summed E-state index contributed by atoms with van der Waals surface area (Å²) < 4.78 is 14.8. The van der Waals surface area contributed by atoms with E-state index in [0.29, 0.717) is 30.2 Å². The van der Waals surface area contributed by atoms with Crippen LogP contribution in [-0.2, 0) is 16.1 Å². The lowest BCUT2D eigenvalue weighted by Crippen LogP contribution is -2.54. The molecule has 0 radical (unpaired) electrons. The molecule has 182 valence electrons. The highest BCUT2D eigenvalue weighted by molar-refractivity contribution is 5.96. The molecular formula is C28H36FN3O2. The molecule has 2 aliphatic rings. The van der Waals surface area contributed by atoms with Gasteiger partial charge >= 0.3 is 0 Å². The van der Waals surface area contributed by atoms with E-state index < -0.39 is 0 Å². The van der Waals surface area contributed by atoms with E-state index >= 15 is 0 Å². The van der Waals surface area contributed by atoms with Crippen LogP contribution >= 0.6 is 0 Å². The van der Waals surface area contributed by atoms with Gasteiger partial charge in [-0.25, -0.2) is 4.39 Å². The minimum absolute atomic E-state index is 0.111. The minimum Gasteiger partial charge on any atom is -0.337 e. The number of nitrogens with zero attached hydrogens (tertiary/aromatic N) is 2. The molecule has 2 aromatic carbocycles. The number of hydrogen-bond donors (Lipinski definition) is 1. The van der Waals surface area contributed by atoms with Crippen molar-refractivity contribution < 1.29 is 14.0 Å². The molecule has 1 aliphatic carbocycles. The van der Waals surface area contributed by atoms with Gasteiger partial charge in [-0.3, -0.25) is 14.5 Å². The monoisotopic (exact) mass is 465 g/mol. The SMILES string of the molecule is Cc1c(NC(=O)C(C)c2ccccc2)ccc(F)c1CN1CCN(C(=O)C2CCCC2)C(C)C1. The quantitative estimate of drug-likeness (QED) is 0.646. The zero-order chi connectivity index (χ0) is 24.2. The maximum Gasteiger partial charge on any atom is 0.231 e. The molecule has 0 aromatic heterocycles. The van der Waals surface area contributed by atoms with E-state index in [4.69, 9.17) is 0 Å². The van der Waals surface area contributed by atoms with Gasteiger partial charge < -0.3 is 10.2 Å². The number of carbonyl (C=O) groups is 2. The molecule has 1 aliphatic heterocycles. The van der Waals surface area contributed by atoms with Crippen molar-refractivity contribution in [3.63, 3.8) is 0 Å². The van der Waals surface area contributed by atoms with Gasteiger partial charge in [0.15, 0.2) is 0 Å². The van der Waals surface area contributed by atoms with Crippen LogP contribution in [0.2, 0.25) is 0 Å². The second-order valence-corrected chi connectivity index (χ2v) is 9.92. The molecular weight excluding hydrogens is 429 g/mol. The molecule has 2 fully saturated rings. The minimum atomic E-state index is -0.305. The number of hydrogen-bond acceptors (Lipinski definition) is 3. The zero-order valence-corrected chi connectivity index (χ0v) is 20.5. The summed E-state index contributed by atoms with van der Waals surface area (Å²) in [6.07, 6.45) is 4.33. The number of halogens is 1. The first-order chi connectivity index (χ1) is 16.3. The summed E-state index contributed by atoms with van der Waals surface area (Å²) in [5.74, 6) is -0.194. The highest BCUT2D eigenvalue weighted by Crippen LogP contribution is 2.29. The number of anilines is 1. The molecule has 6 heteroatoms. The summed E-state index contributed by atoms with van der Waals surface area (Å²) >= 11 is 0. The largest absolute Gasteiger partial charge is 0.337 e. The average Bonchev–Trinajstić information content (AvgIpc) is 3.38. The fraction of sp³-hybridized carbons (Fsp3) is 0.500. The molecule has 1 saturated heterocycles. The molecule has 1 heterocycles. The third-order valence-corrected chi connectivity index (χ3v) is 7.57. The van der Waals surface area contributed by atoms with Crippen LogP contribution in [0, 0.1) is 18.7 Å². The molecule has 2 amide bonds. The summed E-state index contributed by atoms with van der Waals surface area (Å²) in [7, 11) is 0. The van der Waals surface area contributed by atoms with Gasteiger partial charge in [-0.1, -0.05) is 43.2 Å². The van der Waals surface area contributed by atoms with Crippen molar-refractivity contribution >= 4 is 17.5 Å². The fourth-order valence-corrected chi connectivity index (χ4v) is 5.32. The van der Waals surface area contributed by atoms with E-state index in [0.717, 1.165) is 49.9 Å². The predicted octanol–water partition coefficient (Wildman–Crippen LogP) is 5.10. The van der Waals surface area contributed by atoms with Crippen molar-refractivity contribution in [3.05, 3.63) is 65.0 Å². The zero-order valence-electron chi connectivity index (χ0n) is 20.5. The standard InChI is InChI=1S/C28H36FN3O2/c1-19-17-31(15-16-32(19)28(34)23-11-7-8-12-23)18-24-21(3)26(14-13-25(24)29)30-27(33)20(2)22-9-5-4-6-10-22/h4-6,9-10,13-14,19-20,23H,7-8,11-12,15-18H2,1-3H3,(H,30,33). The molecule has 2 unspecified atom stereocenters. The maximum absolute atomic E-state index is 14.8. The Kier molecular flexibility index (Phi) is 7.67. The molecule has 1 saturated carbocycles. The summed E-state index contributed by atoms with van der Waals surface area (Å²) in [5, 5.41) is 3.00. The highest BCUT2D eigenvalue weighted by Gasteiger charge is 2.33. The van der Waals surface area contributed by atoms with Crippen LogP contribution in [0.3, 0.4) is 0 Å². The lowest BCUT2D eigenvalue weighted by atomic mass is 9.99. The number of amides is 2. The smallest absolute Gasteiger partial charge is 0.231 e. The second kappa shape index (κ2) is 10.7. The first kappa shape index (κ1) is 24.4. The first-order valence-corrected chi connectivity index (χ1v) is 12.5. The van der Waals surface area contributed by atoms with Crippen molar-refractivity contribution in [1.29, 1.82) is 0 Å². The van der Waals surface area contributed by atoms with Crippen LogP contribution in [0.1, 0.15) is 62.1 Å². The summed E-state index contributed by atoms with van der Waals surface area (Å²) in [6.45, 7) is 8.42. The summed E-state index contributed by atoms with van der Waals surface area (Å²) in [6, 6.07) is 12.8. The van der Waals surface area contributed by atoms with Gasteiger partial charge in [-0.05, 0) is 56.9 Å². The van der Waals surface area contributed by atoms with Gasteiger partial charge in [-0.2, -0.15) is 0 Å². The van der Waals surface area contributed by atoms with E-state index in [1.165, 1.54) is 6.07 Å². The average molecular weight is 466 g/mol. The van der Waals surface area contributed by atoms with E-state index in [1.807, 2.05) is 49.1 Å². The topological polar surface area (TPSA) is 52.7 Å². The number of piperazine rings is 1. The van der Waals surface area contributed by atoms with Gasteiger partial charge in [-0.15, -0.1) is 0 Å². The molecule has 34 heavy (non-hydrogen) atoms. The highest BCUT2D eigenvalue weighted by atomic mass is 19.1. The van der Waals surface area contributed by atoms with Gasteiger partial charge in [0.25, 0.3) is 0 Å². The molecule has 1 N–H and O–H groups in total. The third-order valence-electron chi connectivity index (χ3n) is 7.57. The maximum atomic E-state index is 14.8.